The molecule has 1 saturated heterocycles. The van der Waals surface area contributed by atoms with Gasteiger partial charge < -0.3 is 15.7 Å². The van der Waals surface area contributed by atoms with E-state index in [1.807, 2.05) is 35.8 Å². The van der Waals surface area contributed by atoms with Crippen LogP contribution < -0.4 is 10.7 Å². The number of anilines is 1. The van der Waals surface area contributed by atoms with E-state index in [-0.39, 0.29) is 11.1 Å². The Bertz CT molecular complexity index is 706. The van der Waals surface area contributed by atoms with Gasteiger partial charge in [0.05, 0.1) is 11.3 Å². The Morgan fingerprint density at radius 1 is 1.26 bits per heavy atom. The molecule has 3 heterocycles. The van der Waals surface area contributed by atoms with Gasteiger partial charge in [-0.3, -0.25) is 4.79 Å². The maximum absolute atomic E-state index is 12.7. The van der Waals surface area contributed by atoms with Gasteiger partial charge in [0, 0.05) is 30.9 Å². The normalized spacial score (nSPS) is 16.3. The van der Waals surface area contributed by atoms with Crippen molar-refractivity contribution in [1.29, 1.82) is 0 Å². The molecule has 0 spiro atoms. The molecule has 1 aliphatic heterocycles. The third-order valence-electron chi connectivity index (χ3n) is 3.95. The highest BCUT2D eigenvalue weighted by Gasteiger charge is 2.22. The molecule has 1 aliphatic rings. The second-order valence-corrected chi connectivity index (χ2v) is 7.15. The number of hydrogen-bond acceptors (Lipinski definition) is 4. The Morgan fingerprint density at radius 3 is 2.70 bits per heavy atom. The van der Waals surface area contributed by atoms with Crippen LogP contribution in [0.5, 0.6) is 0 Å². The van der Waals surface area contributed by atoms with Crippen LogP contribution >= 0.6 is 0 Å². The standard InChI is InChI=1S/C14H22B3N5O/c15-14(16,17)20-13(23)10-8-19-12-9(4-5-18-12)11(10)21-22-6-2-1-3-7-22/h4-5,8H,1-3,6-7,15-17H2,(H,20,23)(H2,18,19,21). The first-order valence-electron chi connectivity index (χ1n) is 8.24. The average Bonchev–Trinajstić information content (AvgIpc) is 2.95. The Morgan fingerprint density at radius 2 is 2.00 bits per heavy atom. The van der Waals surface area contributed by atoms with E-state index >= 15 is 0 Å². The molecule has 0 bridgehead atoms. The van der Waals surface area contributed by atoms with Crippen molar-refractivity contribution in [1.82, 2.24) is 20.3 Å². The number of nitrogens with one attached hydrogen (secondary N) is 3. The Kier molecular flexibility index (Phi) is 4.39. The number of H-pyrrole nitrogens is 1. The largest absolute Gasteiger partial charge is 0.370 e. The van der Waals surface area contributed by atoms with E-state index in [9.17, 15) is 4.79 Å². The number of pyridine rings is 1. The second-order valence-electron chi connectivity index (χ2n) is 7.15. The van der Waals surface area contributed by atoms with Crippen molar-refractivity contribution >= 4 is 46.2 Å². The van der Waals surface area contributed by atoms with Crippen LogP contribution in [0.1, 0.15) is 29.6 Å². The van der Waals surface area contributed by atoms with Crippen LogP contribution in [-0.4, -0.2) is 62.7 Å². The molecule has 2 aromatic heterocycles. The molecule has 0 aromatic carbocycles. The predicted octanol–water partition coefficient (Wildman–Crippen LogP) is -1.38. The highest BCUT2D eigenvalue weighted by molar-refractivity contribution is 6.60. The lowest BCUT2D eigenvalue weighted by Gasteiger charge is -2.29. The number of rotatable bonds is 4. The zero-order valence-corrected chi connectivity index (χ0v) is 14.1. The summed E-state index contributed by atoms with van der Waals surface area (Å²) in [4.78, 5) is 20.1. The second kappa shape index (κ2) is 6.31. The Hall–Kier alpha value is -1.89. The summed E-state index contributed by atoms with van der Waals surface area (Å²) in [5.74, 6) is -0.104. The van der Waals surface area contributed by atoms with Crippen LogP contribution in [0.25, 0.3) is 11.0 Å². The SMILES string of the molecule is BC(B)(B)NC(=O)c1cnc2[nH]ccc2c1NN1CCCCC1. The van der Waals surface area contributed by atoms with E-state index in [4.69, 9.17) is 0 Å². The molecule has 2 aromatic rings. The van der Waals surface area contributed by atoms with Gasteiger partial charge in [-0.15, -0.1) is 0 Å². The van der Waals surface area contributed by atoms with E-state index in [1.54, 1.807) is 6.20 Å². The monoisotopic (exact) mass is 309 g/mol. The van der Waals surface area contributed by atoms with Gasteiger partial charge in [-0.1, -0.05) is 6.42 Å². The minimum absolute atomic E-state index is 0.104. The van der Waals surface area contributed by atoms with E-state index < -0.39 is 0 Å². The van der Waals surface area contributed by atoms with Crippen molar-refractivity contribution in [3.8, 4) is 0 Å². The lowest BCUT2D eigenvalue weighted by atomic mass is 9.49. The molecular weight excluding hydrogens is 287 g/mol. The third-order valence-corrected chi connectivity index (χ3v) is 3.95. The number of carbonyl (C=O) groups is 1. The van der Waals surface area contributed by atoms with Crippen molar-refractivity contribution in [3.63, 3.8) is 0 Å². The van der Waals surface area contributed by atoms with Crippen LogP contribution in [0.2, 0.25) is 0 Å². The Balaban J connectivity index is 1.95. The number of piperidine rings is 1. The number of nitrogens with zero attached hydrogens (tertiary/aromatic N) is 2. The summed E-state index contributed by atoms with van der Waals surface area (Å²) in [6, 6.07) is 1.96. The van der Waals surface area contributed by atoms with Gasteiger partial charge in [0.2, 0.25) is 0 Å². The summed E-state index contributed by atoms with van der Waals surface area (Å²) in [5.41, 5.74) is 5.66. The molecule has 23 heavy (non-hydrogen) atoms. The van der Waals surface area contributed by atoms with E-state index in [1.165, 1.54) is 19.3 Å². The molecule has 1 amide bonds. The van der Waals surface area contributed by atoms with Gasteiger partial charge in [0.1, 0.15) is 29.2 Å². The maximum atomic E-state index is 12.7. The quantitative estimate of drug-likeness (QED) is 0.609. The number of fused-ring (bicyclic) bond motifs is 1. The fourth-order valence-corrected chi connectivity index (χ4v) is 2.87. The zero-order valence-electron chi connectivity index (χ0n) is 14.1. The highest BCUT2D eigenvalue weighted by Crippen LogP contribution is 2.27. The lowest BCUT2D eigenvalue weighted by Crippen LogP contribution is -2.50. The molecule has 0 unspecified atom stereocenters. The lowest BCUT2D eigenvalue weighted by molar-refractivity contribution is 0.0952. The summed E-state index contributed by atoms with van der Waals surface area (Å²) in [6.45, 7) is 1.99. The molecule has 0 radical (unpaired) electrons. The van der Waals surface area contributed by atoms with Gasteiger partial charge in [-0.25, -0.2) is 9.99 Å². The molecule has 6 nitrogen and oxygen atoms in total. The molecule has 118 valence electrons. The third kappa shape index (κ3) is 3.72. The minimum Gasteiger partial charge on any atom is -0.370 e. The molecule has 9 heteroatoms. The minimum atomic E-state index is -0.285. The average molecular weight is 309 g/mol. The summed E-state index contributed by atoms with van der Waals surface area (Å²) in [7, 11) is 5.93. The van der Waals surface area contributed by atoms with Crippen molar-refractivity contribution in [3.05, 3.63) is 24.0 Å². The van der Waals surface area contributed by atoms with Crippen molar-refractivity contribution < 1.29 is 4.79 Å². The predicted molar refractivity (Wildman–Crippen MR) is 101 cm³/mol. The van der Waals surface area contributed by atoms with Gasteiger partial charge >= 0.3 is 0 Å². The number of aromatic nitrogens is 2. The summed E-state index contributed by atoms with van der Waals surface area (Å²) < 4.78 is 0. The van der Waals surface area contributed by atoms with Gasteiger partial charge in [-0.2, -0.15) is 0 Å². The van der Waals surface area contributed by atoms with Gasteiger partial charge in [0.25, 0.3) is 5.91 Å². The number of hydrogen-bond donors (Lipinski definition) is 3. The molecular formula is C14H22B3N5O. The van der Waals surface area contributed by atoms with Crippen molar-refractivity contribution in [2.75, 3.05) is 18.5 Å². The smallest absolute Gasteiger partial charge is 0.253 e. The van der Waals surface area contributed by atoms with Crippen molar-refractivity contribution in [2.45, 2.75) is 24.5 Å². The number of hydrazine groups is 1. The summed E-state index contributed by atoms with van der Waals surface area (Å²) >= 11 is 0. The van der Waals surface area contributed by atoms with Gasteiger partial charge in [0.15, 0.2) is 0 Å². The molecule has 3 N–H and O–H groups in total. The van der Waals surface area contributed by atoms with E-state index in [0.29, 0.717) is 5.56 Å². The topological polar surface area (TPSA) is 73.0 Å². The summed E-state index contributed by atoms with van der Waals surface area (Å²) in [5, 5.41) is 5.87. The molecule has 0 saturated carbocycles. The Labute approximate surface area is 139 Å². The van der Waals surface area contributed by atoms with Crippen LogP contribution in [0, 0.1) is 0 Å². The first-order valence-corrected chi connectivity index (χ1v) is 8.24. The number of amides is 1. The maximum Gasteiger partial charge on any atom is 0.253 e. The van der Waals surface area contributed by atoms with Crippen LogP contribution in [0.3, 0.4) is 0 Å². The van der Waals surface area contributed by atoms with E-state index in [0.717, 1.165) is 29.8 Å². The molecule has 0 aliphatic carbocycles. The highest BCUT2D eigenvalue weighted by atomic mass is 16.1. The number of carbonyl (C=O) groups excluding carboxylic acids is 1. The fraction of sp³-hybridized carbons (Fsp3) is 0.429. The first-order chi connectivity index (χ1) is 10.9. The molecule has 1 fully saturated rings. The van der Waals surface area contributed by atoms with Gasteiger partial charge in [-0.05, 0) is 24.1 Å². The van der Waals surface area contributed by atoms with Crippen LogP contribution in [0.15, 0.2) is 18.5 Å². The van der Waals surface area contributed by atoms with Crippen LogP contribution in [0.4, 0.5) is 5.69 Å². The van der Waals surface area contributed by atoms with E-state index in [2.05, 4.69) is 25.7 Å². The first kappa shape index (κ1) is 16.0. The molecule has 3 rings (SSSR count). The van der Waals surface area contributed by atoms with Crippen LogP contribution in [-0.2, 0) is 0 Å². The molecule has 0 atom stereocenters. The summed E-state index contributed by atoms with van der Waals surface area (Å²) in [6.07, 6.45) is 7.12. The number of aromatic amines is 1. The fourth-order valence-electron chi connectivity index (χ4n) is 2.87. The zero-order chi connectivity index (χ0) is 16.4. The van der Waals surface area contributed by atoms with Crippen molar-refractivity contribution in [2.24, 2.45) is 0 Å².